The molecule has 0 aromatic carbocycles. The summed E-state index contributed by atoms with van der Waals surface area (Å²) in [6, 6.07) is 1.63. The van der Waals surface area contributed by atoms with Gasteiger partial charge in [-0.1, -0.05) is 5.92 Å². The second-order valence-electron chi connectivity index (χ2n) is 6.20. The van der Waals surface area contributed by atoms with Crippen molar-refractivity contribution in [3.05, 3.63) is 29.8 Å². The number of nitrogens with zero attached hydrogens (tertiary/aromatic N) is 2. The number of aromatic nitrogens is 1. The van der Waals surface area contributed by atoms with Crippen LogP contribution in [0.25, 0.3) is 11.0 Å². The Kier molecular flexibility index (Phi) is 3.47. The minimum absolute atomic E-state index is 0.0900. The van der Waals surface area contributed by atoms with Gasteiger partial charge in [0.1, 0.15) is 12.0 Å². The van der Waals surface area contributed by atoms with Crippen molar-refractivity contribution >= 4 is 22.8 Å². The van der Waals surface area contributed by atoms with Gasteiger partial charge in [0, 0.05) is 24.4 Å². The van der Waals surface area contributed by atoms with Gasteiger partial charge in [0.15, 0.2) is 5.58 Å². The van der Waals surface area contributed by atoms with Gasteiger partial charge in [0.2, 0.25) is 0 Å². The highest BCUT2D eigenvalue weighted by Crippen LogP contribution is 2.31. The minimum Gasteiger partial charge on any atom is -0.461 e. The predicted octanol–water partition coefficient (Wildman–Crippen LogP) is 0.446. The highest BCUT2D eigenvalue weighted by atomic mass is 16.3. The molecule has 7 heteroatoms. The van der Waals surface area contributed by atoms with Crippen LogP contribution in [-0.2, 0) is 4.79 Å². The van der Waals surface area contributed by atoms with Gasteiger partial charge < -0.3 is 15.5 Å². The summed E-state index contributed by atoms with van der Waals surface area (Å²) in [4.78, 5) is 29.7. The molecule has 3 unspecified atom stereocenters. The Bertz CT molecular complexity index is 892. The van der Waals surface area contributed by atoms with Gasteiger partial charge in [-0.3, -0.25) is 14.5 Å². The highest BCUT2D eigenvalue weighted by molar-refractivity contribution is 5.98. The van der Waals surface area contributed by atoms with E-state index in [1.54, 1.807) is 6.07 Å². The number of nitrogens with two attached hydrogens (primary N) is 1. The Balaban J connectivity index is 1.58. The summed E-state index contributed by atoms with van der Waals surface area (Å²) in [5, 5.41) is 3.67. The summed E-state index contributed by atoms with van der Waals surface area (Å²) >= 11 is 0. The molecule has 2 aliphatic heterocycles. The third-order valence-electron chi connectivity index (χ3n) is 4.63. The Morgan fingerprint density at radius 2 is 2.33 bits per heavy atom. The lowest BCUT2D eigenvalue weighted by molar-refractivity contribution is -0.112. The molecule has 2 aromatic rings. The molecule has 2 aromatic heterocycles. The van der Waals surface area contributed by atoms with Crippen LogP contribution in [-0.4, -0.2) is 41.0 Å². The SMILES string of the molecule is NC(=O)C#Cc1coc2cnc(C(=O)NC3CC4CCN3C4)cc12. The van der Waals surface area contributed by atoms with Crippen LogP contribution in [0.15, 0.2) is 22.9 Å². The van der Waals surface area contributed by atoms with Crippen LogP contribution in [0.3, 0.4) is 0 Å². The number of primary amides is 1. The normalized spacial score (nSPS) is 24.6. The number of nitrogens with one attached hydrogen (secondary N) is 1. The molecule has 3 N–H and O–H groups in total. The summed E-state index contributed by atoms with van der Waals surface area (Å²) < 4.78 is 5.33. The Labute approximate surface area is 138 Å². The van der Waals surface area contributed by atoms with E-state index in [0.29, 0.717) is 28.1 Å². The number of carbonyl (C=O) groups excluding carboxylic acids is 2. The molecule has 2 fully saturated rings. The molecule has 0 aliphatic carbocycles. The monoisotopic (exact) mass is 324 g/mol. The van der Waals surface area contributed by atoms with E-state index in [0.717, 1.165) is 19.5 Å². The number of amides is 2. The molecule has 4 heterocycles. The first kappa shape index (κ1) is 14.7. The molecule has 2 aliphatic rings. The third kappa shape index (κ3) is 2.61. The van der Waals surface area contributed by atoms with Crippen LogP contribution in [0.1, 0.15) is 28.9 Å². The maximum atomic E-state index is 12.5. The van der Waals surface area contributed by atoms with E-state index in [1.807, 2.05) is 0 Å². The molecule has 2 saturated heterocycles. The summed E-state index contributed by atoms with van der Waals surface area (Å²) in [5.41, 5.74) is 6.34. The van der Waals surface area contributed by atoms with Crippen LogP contribution >= 0.6 is 0 Å². The smallest absolute Gasteiger partial charge is 0.293 e. The number of hydrogen-bond donors (Lipinski definition) is 2. The number of rotatable bonds is 2. The van der Waals surface area contributed by atoms with Gasteiger partial charge in [0.05, 0.1) is 17.9 Å². The highest BCUT2D eigenvalue weighted by Gasteiger charge is 2.38. The van der Waals surface area contributed by atoms with E-state index in [9.17, 15) is 9.59 Å². The average Bonchev–Trinajstić information content (AvgIpc) is 3.27. The second kappa shape index (κ2) is 5.65. The van der Waals surface area contributed by atoms with Crippen molar-refractivity contribution in [2.45, 2.75) is 19.0 Å². The van der Waals surface area contributed by atoms with Gasteiger partial charge in [-0.2, -0.15) is 0 Å². The van der Waals surface area contributed by atoms with Crippen molar-refractivity contribution in [3.63, 3.8) is 0 Å². The second-order valence-corrected chi connectivity index (χ2v) is 6.20. The molecule has 3 atom stereocenters. The molecule has 24 heavy (non-hydrogen) atoms. The number of piperidine rings is 1. The van der Waals surface area contributed by atoms with Crippen molar-refractivity contribution in [3.8, 4) is 11.8 Å². The number of furan rings is 1. The zero-order chi connectivity index (χ0) is 16.7. The zero-order valence-electron chi connectivity index (χ0n) is 12.9. The topological polar surface area (TPSA) is 101 Å². The maximum absolute atomic E-state index is 12.5. The average molecular weight is 324 g/mol. The zero-order valence-corrected chi connectivity index (χ0v) is 12.9. The number of pyridine rings is 1. The quantitative estimate of drug-likeness (QED) is 0.781. The number of hydrogen-bond acceptors (Lipinski definition) is 5. The molecule has 122 valence electrons. The largest absolute Gasteiger partial charge is 0.461 e. The van der Waals surface area contributed by atoms with E-state index < -0.39 is 5.91 Å². The van der Waals surface area contributed by atoms with Gasteiger partial charge in [-0.05, 0) is 24.8 Å². The van der Waals surface area contributed by atoms with Crippen molar-refractivity contribution in [1.29, 1.82) is 0 Å². The first-order valence-corrected chi connectivity index (χ1v) is 7.84. The fourth-order valence-electron chi connectivity index (χ4n) is 3.46. The van der Waals surface area contributed by atoms with Gasteiger partial charge in [-0.25, -0.2) is 4.98 Å². The minimum atomic E-state index is -0.721. The predicted molar refractivity (Wildman–Crippen MR) is 85.6 cm³/mol. The molecule has 2 amide bonds. The van der Waals surface area contributed by atoms with Crippen LogP contribution < -0.4 is 11.1 Å². The van der Waals surface area contributed by atoms with Crippen LogP contribution in [0.2, 0.25) is 0 Å². The van der Waals surface area contributed by atoms with Crippen molar-refractivity contribution < 1.29 is 14.0 Å². The Morgan fingerprint density at radius 1 is 1.46 bits per heavy atom. The van der Waals surface area contributed by atoms with E-state index in [-0.39, 0.29) is 12.1 Å². The molecular formula is C17H16N4O3. The van der Waals surface area contributed by atoms with E-state index in [4.69, 9.17) is 10.2 Å². The van der Waals surface area contributed by atoms with Crippen molar-refractivity contribution in [1.82, 2.24) is 15.2 Å². The fourth-order valence-corrected chi connectivity index (χ4v) is 3.46. The lowest BCUT2D eigenvalue weighted by Crippen LogP contribution is -2.45. The molecule has 0 spiro atoms. The van der Waals surface area contributed by atoms with E-state index >= 15 is 0 Å². The summed E-state index contributed by atoms with van der Waals surface area (Å²) in [7, 11) is 0. The number of carbonyl (C=O) groups is 2. The van der Waals surface area contributed by atoms with Crippen molar-refractivity contribution in [2.75, 3.05) is 13.1 Å². The Morgan fingerprint density at radius 3 is 3.04 bits per heavy atom. The standard InChI is InChI=1S/C17H16N4O3/c18-15(22)2-1-11-9-24-14-7-19-13(6-12(11)14)17(23)20-16-5-10-3-4-21(16)8-10/h6-7,9-10,16H,3-5,8H2,(H2,18,22)(H,20,23). The van der Waals surface area contributed by atoms with Crippen LogP contribution in [0.4, 0.5) is 0 Å². The van der Waals surface area contributed by atoms with E-state index in [2.05, 4.69) is 27.0 Å². The molecule has 2 bridgehead atoms. The molecular weight excluding hydrogens is 308 g/mol. The lowest BCUT2D eigenvalue weighted by atomic mass is 10.0. The molecule has 4 rings (SSSR count). The first-order chi connectivity index (χ1) is 11.6. The first-order valence-electron chi connectivity index (χ1n) is 7.84. The Hall–Kier alpha value is -2.85. The van der Waals surface area contributed by atoms with Gasteiger partial charge >= 0.3 is 0 Å². The van der Waals surface area contributed by atoms with Crippen LogP contribution in [0.5, 0.6) is 0 Å². The van der Waals surface area contributed by atoms with Crippen LogP contribution in [0, 0.1) is 17.8 Å². The molecule has 0 saturated carbocycles. The summed E-state index contributed by atoms with van der Waals surface area (Å²) in [6.07, 6.45) is 5.21. The molecule has 7 nitrogen and oxygen atoms in total. The van der Waals surface area contributed by atoms with Gasteiger partial charge in [0.25, 0.3) is 11.8 Å². The molecule has 0 radical (unpaired) electrons. The summed E-state index contributed by atoms with van der Waals surface area (Å²) in [5.74, 6) is 4.66. The van der Waals surface area contributed by atoms with Crippen molar-refractivity contribution in [2.24, 2.45) is 11.7 Å². The lowest BCUT2D eigenvalue weighted by Gasteiger charge is -2.25. The fraction of sp³-hybridized carbons (Fsp3) is 0.353. The van der Waals surface area contributed by atoms with E-state index in [1.165, 1.54) is 18.9 Å². The maximum Gasteiger partial charge on any atom is 0.293 e. The van der Waals surface area contributed by atoms with Gasteiger partial charge in [-0.15, -0.1) is 0 Å². The number of fused-ring (bicyclic) bond motifs is 3. The third-order valence-corrected chi connectivity index (χ3v) is 4.63. The summed E-state index contributed by atoms with van der Waals surface area (Å²) in [6.45, 7) is 2.10.